The topological polar surface area (TPSA) is 87.8 Å². The molecule has 1 atom stereocenters. The van der Waals surface area contributed by atoms with E-state index < -0.39 is 5.97 Å². The largest absolute Gasteiger partial charge is 0.481 e. The van der Waals surface area contributed by atoms with Gasteiger partial charge in [0.2, 0.25) is 0 Å². The van der Waals surface area contributed by atoms with Crippen LogP contribution in [-0.4, -0.2) is 49.3 Å². The van der Waals surface area contributed by atoms with E-state index in [-0.39, 0.29) is 18.2 Å². The average Bonchev–Trinajstić information content (AvgIpc) is 2.86. The highest BCUT2D eigenvalue weighted by atomic mass is 16.4. The molecule has 0 saturated carbocycles. The van der Waals surface area contributed by atoms with Gasteiger partial charge in [0, 0.05) is 44.3 Å². The van der Waals surface area contributed by atoms with Gasteiger partial charge in [0.15, 0.2) is 11.3 Å². The molecular weight excluding hydrogens is 284 g/mol. The van der Waals surface area contributed by atoms with E-state index in [1.165, 1.54) is 0 Å². The Labute approximate surface area is 127 Å². The van der Waals surface area contributed by atoms with Crippen molar-refractivity contribution < 1.29 is 14.7 Å². The molecule has 1 aliphatic rings. The summed E-state index contributed by atoms with van der Waals surface area (Å²) in [4.78, 5) is 33.7. The Bertz CT molecular complexity index is 697. The third kappa shape index (κ3) is 2.93. The molecule has 0 unspecified atom stereocenters. The molecule has 1 fully saturated rings. The van der Waals surface area contributed by atoms with E-state index in [2.05, 4.69) is 9.97 Å². The van der Waals surface area contributed by atoms with Crippen LogP contribution in [0.5, 0.6) is 0 Å². The second kappa shape index (κ2) is 6.13. The van der Waals surface area contributed by atoms with Crippen LogP contribution in [0.2, 0.25) is 0 Å². The number of rotatable bonds is 3. The van der Waals surface area contributed by atoms with Crippen LogP contribution in [0.15, 0.2) is 24.8 Å². The van der Waals surface area contributed by atoms with Gasteiger partial charge in [0.25, 0.3) is 5.91 Å². The van der Waals surface area contributed by atoms with Gasteiger partial charge in [-0.05, 0) is 25.2 Å². The minimum atomic E-state index is -0.770. The number of amides is 1. The molecule has 1 N–H and O–H groups in total. The lowest BCUT2D eigenvalue weighted by Gasteiger charge is -2.20. The summed E-state index contributed by atoms with van der Waals surface area (Å²) >= 11 is 0. The second-order valence-electron chi connectivity index (χ2n) is 5.62. The van der Waals surface area contributed by atoms with Crippen molar-refractivity contribution in [3.05, 3.63) is 30.5 Å². The third-order valence-electron chi connectivity index (χ3n) is 4.11. The lowest BCUT2D eigenvalue weighted by atomic mass is 9.97. The average molecular weight is 302 g/mol. The fourth-order valence-corrected chi connectivity index (χ4v) is 2.97. The zero-order chi connectivity index (χ0) is 15.5. The van der Waals surface area contributed by atoms with Crippen LogP contribution in [0.1, 0.15) is 36.2 Å². The van der Waals surface area contributed by atoms with E-state index >= 15 is 0 Å². The monoisotopic (exact) mass is 302 g/mol. The van der Waals surface area contributed by atoms with Crippen molar-refractivity contribution in [2.45, 2.75) is 25.7 Å². The van der Waals surface area contributed by atoms with Gasteiger partial charge >= 0.3 is 5.97 Å². The summed E-state index contributed by atoms with van der Waals surface area (Å²) in [7, 11) is 0. The Morgan fingerprint density at radius 1 is 1.18 bits per heavy atom. The first-order valence-electron chi connectivity index (χ1n) is 7.44. The van der Waals surface area contributed by atoms with E-state index in [1.54, 1.807) is 34.1 Å². The number of likely N-dealkylation sites (tertiary alicyclic amines) is 1. The molecule has 1 aliphatic heterocycles. The lowest BCUT2D eigenvalue weighted by molar-refractivity contribution is -0.138. The molecule has 116 valence electrons. The fraction of sp³-hybridized carbons (Fsp3) is 0.467. The first-order valence-corrected chi connectivity index (χ1v) is 7.44. The van der Waals surface area contributed by atoms with Crippen molar-refractivity contribution in [2.75, 3.05) is 13.1 Å². The van der Waals surface area contributed by atoms with Crippen LogP contribution in [0.25, 0.3) is 5.65 Å². The van der Waals surface area contributed by atoms with Gasteiger partial charge in [0.1, 0.15) is 0 Å². The molecule has 0 radical (unpaired) electrons. The molecule has 0 spiro atoms. The normalized spacial score (nSPS) is 19.1. The van der Waals surface area contributed by atoms with Gasteiger partial charge in [-0.3, -0.25) is 9.59 Å². The molecule has 1 saturated heterocycles. The van der Waals surface area contributed by atoms with Crippen molar-refractivity contribution in [3.63, 3.8) is 0 Å². The quantitative estimate of drug-likeness (QED) is 0.927. The van der Waals surface area contributed by atoms with Crippen LogP contribution in [0.4, 0.5) is 0 Å². The number of carbonyl (C=O) groups excluding carboxylic acids is 1. The maximum absolute atomic E-state index is 12.7. The maximum Gasteiger partial charge on any atom is 0.303 e. The Hall–Kier alpha value is -2.44. The van der Waals surface area contributed by atoms with Gasteiger partial charge in [0.05, 0.1) is 0 Å². The molecule has 22 heavy (non-hydrogen) atoms. The molecule has 7 nitrogen and oxygen atoms in total. The maximum atomic E-state index is 12.7. The van der Waals surface area contributed by atoms with Gasteiger partial charge in [-0.1, -0.05) is 0 Å². The number of carboxylic acids is 1. The number of imidazole rings is 1. The number of carbonyl (C=O) groups is 2. The van der Waals surface area contributed by atoms with Crippen molar-refractivity contribution in [2.24, 2.45) is 5.92 Å². The first-order chi connectivity index (χ1) is 10.6. The van der Waals surface area contributed by atoms with Crippen molar-refractivity contribution in [1.29, 1.82) is 0 Å². The Balaban J connectivity index is 1.75. The minimum absolute atomic E-state index is 0.132. The standard InChI is InChI=1S/C15H18N4O3/c20-12(21)10-11-2-1-6-19(7-3-11)15(22)13-14-17-5-9-18(14)8-4-16-13/h4-5,8-9,11H,1-3,6-7,10H2,(H,20,21)/t11-/m0/s1. The smallest absolute Gasteiger partial charge is 0.303 e. The van der Waals surface area contributed by atoms with Crippen LogP contribution < -0.4 is 0 Å². The number of fused-ring (bicyclic) bond motifs is 1. The molecule has 1 amide bonds. The summed E-state index contributed by atoms with van der Waals surface area (Å²) < 4.78 is 1.77. The summed E-state index contributed by atoms with van der Waals surface area (Å²) in [5.74, 6) is -0.758. The predicted molar refractivity (Wildman–Crippen MR) is 78.5 cm³/mol. The number of hydrogen-bond donors (Lipinski definition) is 1. The molecule has 7 heteroatoms. The Morgan fingerprint density at radius 2 is 1.95 bits per heavy atom. The van der Waals surface area contributed by atoms with E-state index in [0.717, 1.165) is 19.3 Å². The summed E-state index contributed by atoms with van der Waals surface area (Å²) in [5.41, 5.74) is 0.906. The zero-order valence-electron chi connectivity index (χ0n) is 12.2. The molecule has 3 rings (SSSR count). The fourth-order valence-electron chi connectivity index (χ4n) is 2.97. The Kier molecular flexibility index (Phi) is 4.04. The van der Waals surface area contributed by atoms with E-state index in [1.807, 2.05) is 0 Å². The van der Waals surface area contributed by atoms with Crippen LogP contribution in [0.3, 0.4) is 0 Å². The predicted octanol–water partition coefficient (Wildman–Crippen LogP) is 1.45. The van der Waals surface area contributed by atoms with Gasteiger partial charge in [-0.2, -0.15) is 0 Å². The van der Waals surface area contributed by atoms with E-state index in [4.69, 9.17) is 5.11 Å². The molecule has 2 aromatic rings. The number of aromatic nitrogens is 3. The molecule has 2 aromatic heterocycles. The summed E-state index contributed by atoms with van der Waals surface area (Å²) in [6.07, 6.45) is 9.32. The lowest BCUT2D eigenvalue weighted by Crippen LogP contribution is -2.33. The minimum Gasteiger partial charge on any atom is -0.481 e. The number of carboxylic acid groups (broad SMARTS) is 1. The van der Waals surface area contributed by atoms with E-state index in [9.17, 15) is 9.59 Å². The number of aliphatic carboxylic acids is 1. The van der Waals surface area contributed by atoms with Crippen molar-refractivity contribution in [3.8, 4) is 0 Å². The van der Waals surface area contributed by atoms with Gasteiger partial charge in [-0.15, -0.1) is 0 Å². The zero-order valence-corrected chi connectivity index (χ0v) is 12.2. The second-order valence-corrected chi connectivity index (χ2v) is 5.62. The van der Waals surface area contributed by atoms with Crippen LogP contribution in [-0.2, 0) is 4.79 Å². The highest BCUT2D eigenvalue weighted by Crippen LogP contribution is 2.22. The first kappa shape index (κ1) is 14.5. The van der Waals surface area contributed by atoms with Gasteiger partial charge < -0.3 is 14.4 Å². The van der Waals surface area contributed by atoms with E-state index in [0.29, 0.717) is 24.4 Å². The van der Waals surface area contributed by atoms with Crippen LogP contribution >= 0.6 is 0 Å². The van der Waals surface area contributed by atoms with Gasteiger partial charge in [-0.25, -0.2) is 9.97 Å². The third-order valence-corrected chi connectivity index (χ3v) is 4.11. The molecular formula is C15H18N4O3. The molecule has 3 heterocycles. The molecule has 0 bridgehead atoms. The SMILES string of the molecule is O=C(O)C[C@H]1CCCN(C(=O)c2nccn3ccnc23)CC1. The Morgan fingerprint density at radius 3 is 2.73 bits per heavy atom. The highest BCUT2D eigenvalue weighted by Gasteiger charge is 2.25. The van der Waals surface area contributed by atoms with Crippen molar-refractivity contribution >= 4 is 17.5 Å². The van der Waals surface area contributed by atoms with Crippen molar-refractivity contribution in [1.82, 2.24) is 19.3 Å². The molecule has 0 aliphatic carbocycles. The van der Waals surface area contributed by atoms with Crippen LogP contribution in [0, 0.1) is 5.92 Å². The molecule has 0 aromatic carbocycles. The summed E-state index contributed by atoms with van der Waals surface area (Å²) in [5, 5.41) is 8.90. The summed E-state index contributed by atoms with van der Waals surface area (Å²) in [6, 6.07) is 0. The number of hydrogen-bond acceptors (Lipinski definition) is 4. The summed E-state index contributed by atoms with van der Waals surface area (Å²) in [6.45, 7) is 1.21. The number of nitrogens with zero attached hydrogens (tertiary/aromatic N) is 4. The highest BCUT2D eigenvalue weighted by molar-refractivity contribution is 5.97.